The fraction of sp³-hybridized carbons (Fsp3) is 0.261. The molecule has 5 rings (SSSR count). The molecule has 1 aliphatic rings. The number of carbonyl (C=O) groups excluding carboxylic acids is 1. The van der Waals surface area contributed by atoms with Crippen molar-refractivity contribution in [3.05, 3.63) is 71.6 Å². The van der Waals surface area contributed by atoms with Gasteiger partial charge in [-0.2, -0.15) is 4.68 Å². The third-order valence-electron chi connectivity index (χ3n) is 5.67. The zero-order chi connectivity index (χ0) is 22.1. The lowest BCUT2D eigenvalue weighted by molar-refractivity contribution is 0.102. The van der Waals surface area contributed by atoms with E-state index in [1.54, 1.807) is 6.92 Å². The number of aromatic nitrogens is 6. The maximum atomic E-state index is 14.4. The Labute approximate surface area is 184 Å². The summed E-state index contributed by atoms with van der Waals surface area (Å²) < 4.78 is 17.8. The number of amides is 1. The third-order valence-corrected chi connectivity index (χ3v) is 5.67. The standard InChI is InChI=1S/C23H22FN7O/c1-15-27-28-29-31(15)20-14-17(11-12-18(20)24)25-23(32)21-19-10-6-3-7-13-30(19)22(26-21)16-8-4-2-5-9-16/h2,4-5,8-9,11-12,14H,3,6-7,10,13H2,1H3,(H,25,32). The summed E-state index contributed by atoms with van der Waals surface area (Å²) in [5.41, 5.74) is 2.94. The highest BCUT2D eigenvalue weighted by Gasteiger charge is 2.24. The number of nitrogens with one attached hydrogen (secondary N) is 1. The smallest absolute Gasteiger partial charge is 0.276 e. The summed E-state index contributed by atoms with van der Waals surface area (Å²) in [5, 5.41) is 14.1. The summed E-state index contributed by atoms with van der Waals surface area (Å²) in [6, 6.07) is 14.2. The third kappa shape index (κ3) is 3.66. The van der Waals surface area contributed by atoms with Crippen molar-refractivity contribution in [1.29, 1.82) is 0 Å². The fourth-order valence-electron chi connectivity index (χ4n) is 4.11. The number of rotatable bonds is 4. The van der Waals surface area contributed by atoms with Crippen LogP contribution in [0.1, 0.15) is 41.3 Å². The molecule has 4 aromatic rings. The van der Waals surface area contributed by atoms with Crippen LogP contribution in [-0.4, -0.2) is 35.7 Å². The van der Waals surface area contributed by atoms with Crippen LogP contribution in [0.2, 0.25) is 0 Å². The van der Waals surface area contributed by atoms with Crippen molar-refractivity contribution in [2.75, 3.05) is 5.32 Å². The van der Waals surface area contributed by atoms with Crippen LogP contribution in [0.15, 0.2) is 48.5 Å². The zero-order valence-corrected chi connectivity index (χ0v) is 17.6. The Morgan fingerprint density at radius 3 is 2.72 bits per heavy atom. The quantitative estimate of drug-likeness (QED) is 0.528. The first-order valence-electron chi connectivity index (χ1n) is 10.6. The average Bonchev–Trinajstić information content (AvgIpc) is 3.31. The number of benzene rings is 2. The number of hydrogen-bond donors (Lipinski definition) is 1. The molecule has 1 N–H and O–H groups in total. The van der Waals surface area contributed by atoms with Gasteiger partial charge < -0.3 is 9.88 Å². The second kappa shape index (κ2) is 8.33. The number of aryl methyl sites for hydroxylation is 1. The Morgan fingerprint density at radius 1 is 1.09 bits per heavy atom. The van der Waals surface area contributed by atoms with Crippen molar-refractivity contribution in [2.45, 2.75) is 39.2 Å². The van der Waals surface area contributed by atoms with Gasteiger partial charge in [0.25, 0.3) is 5.91 Å². The molecule has 0 aliphatic carbocycles. The first-order chi connectivity index (χ1) is 15.6. The summed E-state index contributed by atoms with van der Waals surface area (Å²) in [5.74, 6) is 0.445. The van der Waals surface area contributed by atoms with E-state index in [0.29, 0.717) is 17.2 Å². The maximum Gasteiger partial charge on any atom is 0.276 e. The predicted molar refractivity (Wildman–Crippen MR) is 117 cm³/mol. The highest BCUT2D eigenvalue weighted by molar-refractivity contribution is 6.04. The molecular weight excluding hydrogens is 409 g/mol. The molecule has 2 aromatic carbocycles. The maximum absolute atomic E-state index is 14.4. The lowest BCUT2D eigenvalue weighted by atomic mass is 10.1. The second-order valence-electron chi connectivity index (χ2n) is 7.82. The van der Waals surface area contributed by atoms with Crippen LogP contribution in [0, 0.1) is 12.7 Å². The van der Waals surface area contributed by atoms with E-state index in [4.69, 9.17) is 4.98 Å². The Bertz CT molecular complexity index is 1280. The van der Waals surface area contributed by atoms with E-state index in [1.807, 2.05) is 30.3 Å². The van der Waals surface area contributed by atoms with Crippen molar-refractivity contribution in [3.8, 4) is 17.1 Å². The minimum absolute atomic E-state index is 0.166. The van der Waals surface area contributed by atoms with Gasteiger partial charge in [0, 0.05) is 17.8 Å². The molecule has 3 heterocycles. The van der Waals surface area contributed by atoms with E-state index in [2.05, 4.69) is 25.4 Å². The molecule has 0 unspecified atom stereocenters. The van der Waals surface area contributed by atoms with Crippen molar-refractivity contribution >= 4 is 11.6 Å². The van der Waals surface area contributed by atoms with Crippen LogP contribution in [0.4, 0.5) is 10.1 Å². The van der Waals surface area contributed by atoms with Crippen LogP contribution in [0.25, 0.3) is 17.1 Å². The van der Waals surface area contributed by atoms with Gasteiger partial charge in [0.1, 0.15) is 23.0 Å². The van der Waals surface area contributed by atoms with E-state index in [9.17, 15) is 9.18 Å². The molecule has 0 saturated heterocycles. The molecule has 2 aromatic heterocycles. The van der Waals surface area contributed by atoms with Gasteiger partial charge in [0.15, 0.2) is 5.82 Å². The SMILES string of the molecule is Cc1nnnn1-c1cc(NC(=O)c2nc(-c3ccccc3)n3c2CCCCC3)ccc1F. The first kappa shape index (κ1) is 20.0. The molecule has 0 bridgehead atoms. The largest absolute Gasteiger partial charge is 0.327 e. The predicted octanol–water partition coefficient (Wildman–Crippen LogP) is 3.95. The van der Waals surface area contributed by atoms with E-state index >= 15 is 0 Å². The lowest BCUT2D eigenvalue weighted by Crippen LogP contribution is -2.16. The highest BCUT2D eigenvalue weighted by Crippen LogP contribution is 2.28. The number of imidazole rings is 1. The van der Waals surface area contributed by atoms with E-state index in [-0.39, 0.29) is 11.6 Å². The van der Waals surface area contributed by atoms with Gasteiger partial charge in [-0.3, -0.25) is 4.79 Å². The van der Waals surface area contributed by atoms with Gasteiger partial charge in [-0.1, -0.05) is 36.8 Å². The fourth-order valence-corrected chi connectivity index (χ4v) is 4.11. The van der Waals surface area contributed by atoms with Crippen LogP contribution in [0.5, 0.6) is 0 Å². The molecule has 32 heavy (non-hydrogen) atoms. The Hall–Kier alpha value is -3.88. The molecule has 1 aliphatic heterocycles. The molecule has 9 heteroatoms. The molecule has 1 amide bonds. The number of fused-ring (bicyclic) bond motifs is 1. The van der Waals surface area contributed by atoms with E-state index < -0.39 is 5.82 Å². The van der Waals surface area contributed by atoms with Gasteiger partial charge >= 0.3 is 0 Å². The summed E-state index contributed by atoms with van der Waals surface area (Å²) in [6.45, 7) is 2.51. The molecule has 162 valence electrons. The van der Waals surface area contributed by atoms with Crippen LogP contribution in [0.3, 0.4) is 0 Å². The lowest BCUT2D eigenvalue weighted by Gasteiger charge is -2.10. The Balaban J connectivity index is 1.50. The van der Waals surface area contributed by atoms with Crippen LogP contribution < -0.4 is 5.32 Å². The minimum Gasteiger partial charge on any atom is -0.327 e. The first-order valence-corrected chi connectivity index (χ1v) is 10.6. The number of hydrogen-bond acceptors (Lipinski definition) is 5. The van der Waals surface area contributed by atoms with Crippen molar-refractivity contribution in [1.82, 2.24) is 29.8 Å². The molecule has 0 spiro atoms. The van der Waals surface area contributed by atoms with Crippen LogP contribution in [-0.2, 0) is 13.0 Å². The van der Waals surface area contributed by atoms with Crippen LogP contribution >= 0.6 is 0 Å². The van der Waals surface area contributed by atoms with Gasteiger partial charge in [-0.15, -0.1) is 5.10 Å². The second-order valence-corrected chi connectivity index (χ2v) is 7.82. The zero-order valence-electron chi connectivity index (χ0n) is 17.6. The normalized spacial score (nSPS) is 13.4. The van der Waals surface area contributed by atoms with E-state index in [0.717, 1.165) is 49.3 Å². The molecule has 0 radical (unpaired) electrons. The monoisotopic (exact) mass is 431 g/mol. The van der Waals surface area contributed by atoms with Crippen molar-refractivity contribution in [3.63, 3.8) is 0 Å². The number of nitrogens with zero attached hydrogens (tertiary/aromatic N) is 6. The van der Waals surface area contributed by atoms with Gasteiger partial charge in [0.05, 0.1) is 5.69 Å². The topological polar surface area (TPSA) is 90.5 Å². The summed E-state index contributed by atoms with van der Waals surface area (Å²) in [4.78, 5) is 18.0. The summed E-state index contributed by atoms with van der Waals surface area (Å²) in [7, 11) is 0. The number of anilines is 1. The van der Waals surface area contributed by atoms with Gasteiger partial charge in [-0.25, -0.2) is 9.37 Å². The van der Waals surface area contributed by atoms with Gasteiger partial charge in [0.2, 0.25) is 0 Å². The molecule has 0 fully saturated rings. The van der Waals surface area contributed by atoms with E-state index in [1.165, 1.54) is 22.9 Å². The summed E-state index contributed by atoms with van der Waals surface area (Å²) >= 11 is 0. The minimum atomic E-state index is -0.486. The highest BCUT2D eigenvalue weighted by atomic mass is 19.1. The molecular formula is C23H22FN7O. The Morgan fingerprint density at radius 2 is 1.94 bits per heavy atom. The molecule has 0 saturated carbocycles. The van der Waals surface area contributed by atoms with Gasteiger partial charge in [-0.05, 0) is 54.8 Å². The average molecular weight is 431 g/mol. The molecule has 0 atom stereocenters. The number of halogens is 1. The van der Waals surface area contributed by atoms with Crippen molar-refractivity contribution < 1.29 is 9.18 Å². The number of tetrazole rings is 1. The summed E-state index contributed by atoms with van der Waals surface area (Å²) in [6.07, 6.45) is 3.97. The number of carbonyl (C=O) groups is 1. The Kier molecular flexibility index (Phi) is 5.22. The van der Waals surface area contributed by atoms with Crippen molar-refractivity contribution in [2.24, 2.45) is 0 Å². The molecule has 8 nitrogen and oxygen atoms in total.